The summed E-state index contributed by atoms with van der Waals surface area (Å²) in [6, 6.07) is -0.123. The lowest BCUT2D eigenvalue weighted by Gasteiger charge is -2.28. The van der Waals surface area contributed by atoms with Crippen LogP contribution in [-0.2, 0) is 63.9 Å². The van der Waals surface area contributed by atoms with Crippen molar-refractivity contribution in [1.82, 2.24) is 37.2 Å². The molecule has 0 aromatic heterocycles. The predicted octanol–water partition coefficient (Wildman–Crippen LogP) is -2.40. The van der Waals surface area contributed by atoms with Crippen molar-refractivity contribution in [2.75, 3.05) is 39.4 Å². The van der Waals surface area contributed by atoms with Crippen LogP contribution in [0.15, 0.2) is 30.3 Å². The van der Waals surface area contributed by atoms with Gasteiger partial charge in [-0.1, -0.05) is 51.1 Å². The Labute approximate surface area is 462 Å². The highest BCUT2D eigenvalue weighted by Crippen LogP contribution is 2.22. The van der Waals surface area contributed by atoms with Crippen molar-refractivity contribution < 1.29 is 72.8 Å². The molecule has 1 saturated heterocycles. The molecule has 2 rings (SSSR count). The predicted molar refractivity (Wildman–Crippen MR) is 289 cm³/mol. The number of aliphatic hydroxyl groups excluding tert-OH is 3. The third-order valence-electron chi connectivity index (χ3n) is 13.8. The van der Waals surface area contributed by atoms with Crippen molar-refractivity contribution in [1.29, 1.82) is 0 Å². The van der Waals surface area contributed by atoms with E-state index in [1.807, 2.05) is 0 Å². The highest BCUT2D eigenvalue weighted by molar-refractivity contribution is 5.98. The summed E-state index contributed by atoms with van der Waals surface area (Å²) in [5.74, 6) is -13.1. The SMILES string of the molecule is CCC(C)(C)C(=O)OCCC(=O)C[C@H](C(=O)N[C@H](CO)C(=O)C[C@H]1CCNC(=O)[C@H]([C@@H](C)O)NC(=O)[C@H](CCN)CC(=O)[C@H](CCN)NC(=O)[C@H](CC(C)C)NC(=O)[C@@H](Cc2ccccc2)NC(=O)[C@H](CCN)NC1=O)[C@H](C)O. The number of carbonyl (C=O) groups is 11. The minimum Gasteiger partial charge on any atom is -0.465 e. The summed E-state index contributed by atoms with van der Waals surface area (Å²) in [6.07, 6.45) is -5.27. The summed E-state index contributed by atoms with van der Waals surface area (Å²) in [5.41, 5.74) is 17.5. The largest absolute Gasteiger partial charge is 0.465 e. The maximum absolute atomic E-state index is 14.4. The van der Waals surface area contributed by atoms with Crippen LogP contribution >= 0.6 is 0 Å². The van der Waals surface area contributed by atoms with E-state index in [1.165, 1.54) is 13.8 Å². The van der Waals surface area contributed by atoms with Crippen LogP contribution in [0.5, 0.6) is 0 Å². The van der Waals surface area contributed by atoms with Crippen LogP contribution in [0.4, 0.5) is 0 Å². The summed E-state index contributed by atoms with van der Waals surface area (Å²) in [7, 11) is 0. The lowest BCUT2D eigenvalue weighted by molar-refractivity contribution is -0.154. The number of carbonyl (C=O) groups excluding carboxylic acids is 11. The molecule has 444 valence electrons. The Morgan fingerprint density at radius 3 is 1.86 bits per heavy atom. The van der Waals surface area contributed by atoms with Gasteiger partial charge < -0.3 is 74.5 Å². The number of benzene rings is 1. The molecule has 25 nitrogen and oxygen atoms in total. The molecule has 0 unspecified atom stereocenters. The van der Waals surface area contributed by atoms with Crippen LogP contribution in [0, 0.1) is 29.1 Å². The molecule has 11 atom stereocenters. The Hall–Kier alpha value is -6.25. The highest BCUT2D eigenvalue weighted by Gasteiger charge is 2.37. The molecule has 0 radical (unpaired) electrons. The maximum Gasteiger partial charge on any atom is 0.311 e. The second kappa shape index (κ2) is 34.7. The molecule has 1 aromatic carbocycles. The van der Waals surface area contributed by atoms with Crippen molar-refractivity contribution in [3.8, 4) is 0 Å². The Kier molecular flexibility index (Phi) is 30.2. The fourth-order valence-electron chi connectivity index (χ4n) is 8.50. The Morgan fingerprint density at radius 2 is 1.29 bits per heavy atom. The number of nitrogens with two attached hydrogens (primary N) is 3. The van der Waals surface area contributed by atoms with E-state index in [4.69, 9.17) is 21.9 Å². The number of rotatable bonds is 25. The minimum absolute atomic E-state index is 0.0581. The van der Waals surface area contributed by atoms with Crippen molar-refractivity contribution in [2.24, 2.45) is 46.3 Å². The van der Waals surface area contributed by atoms with Gasteiger partial charge >= 0.3 is 5.97 Å². The quantitative estimate of drug-likeness (QED) is 0.0454. The number of ketones is 3. The number of amides is 7. The van der Waals surface area contributed by atoms with Crippen LogP contribution in [0.3, 0.4) is 0 Å². The van der Waals surface area contributed by atoms with E-state index in [1.54, 1.807) is 65.0 Å². The maximum atomic E-state index is 14.4. The normalized spacial score (nSPS) is 23.3. The van der Waals surface area contributed by atoms with Crippen molar-refractivity contribution in [2.45, 2.75) is 168 Å². The highest BCUT2D eigenvalue weighted by atomic mass is 16.5. The topological polar surface area (TPSA) is 420 Å². The molecule has 0 aliphatic carbocycles. The van der Waals surface area contributed by atoms with E-state index in [9.17, 15) is 68.1 Å². The molecule has 79 heavy (non-hydrogen) atoms. The van der Waals surface area contributed by atoms with Crippen LogP contribution in [0.25, 0.3) is 0 Å². The number of Topliss-reactive ketones (excluding diaryl/α,β-unsaturated/α-hetero) is 3. The minimum atomic E-state index is -1.71. The van der Waals surface area contributed by atoms with Gasteiger partial charge in [-0.05, 0) is 97.3 Å². The molecule has 1 fully saturated rings. The van der Waals surface area contributed by atoms with Crippen LogP contribution in [-0.4, -0.2) is 168 Å². The van der Waals surface area contributed by atoms with Gasteiger partial charge in [-0.3, -0.25) is 52.7 Å². The summed E-state index contributed by atoms with van der Waals surface area (Å²) in [6.45, 7) is 9.18. The molecular formula is C54H88N10O15. The fraction of sp³-hybridized carbons (Fsp3) is 0.685. The van der Waals surface area contributed by atoms with E-state index >= 15 is 0 Å². The number of hydrogen-bond donors (Lipinski definition) is 13. The van der Waals surface area contributed by atoms with Gasteiger partial charge in [0.1, 0.15) is 36.0 Å². The fourth-order valence-corrected chi connectivity index (χ4v) is 8.50. The van der Waals surface area contributed by atoms with Gasteiger partial charge in [0.25, 0.3) is 0 Å². The first-order valence-electron chi connectivity index (χ1n) is 27.2. The zero-order chi connectivity index (χ0) is 59.6. The van der Waals surface area contributed by atoms with Crippen LogP contribution in [0.2, 0.25) is 0 Å². The zero-order valence-electron chi connectivity index (χ0n) is 46.8. The number of aliphatic hydroxyl groups is 3. The summed E-state index contributed by atoms with van der Waals surface area (Å²) < 4.78 is 5.23. The van der Waals surface area contributed by atoms with Gasteiger partial charge in [0, 0.05) is 50.5 Å². The van der Waals surface area contributed by atoms with E-state index in [0.717, 1.165) is 0 Å². The molecule has 1 aliphatic rings. The smallest absolute Gasteiger partial charge is 0.311 e. The van der Waals surface area contributed by atoms with Gasteiger partial charge in [-0.2, -0.15) is 0 Å². The zero-order valence-corrected chi connectivity index (χ0v) is 46.8. The third kappa shape index (κ3) is 23.5. The molecule has 0 spiro atoms. The first-order valence-corrected chi connectivity index (χ1v) is 27.2. The van der Waals surface area contributed by atoms with Gasteiger partial charge in [-0.25, -0.2) is 0 Å². The molecule has 1 aromatic rings. The lowest BCUT2D eigenvalue weighted by atomic mass is 9.90. The molecule has 1 aliphatic heterocycles. The molecule has 16 N–H and O–H groups in total. The average Bonchev–Trinajstić information content (AvgIpc) is 3.39. The molecular weight excluding hydrogens is 1030 g/mol. The first kappa shape index (κ1) is 68.9. The Bertz CT molecular complexity index is 2210. The summed E-state index contributed by atoms with van der Waals surface area (Å²) in [5, 5.41) is 49.7. The monoisotopic (exact) mass is 1120 g/mol. The van der Waals surface area contributed by atoms with Gasteiger partial charge in [0.05, 0.1) is 42.8 Å². The first-order chi connectivity index (χ1) is 37.2. The van der Waals surface area contributed by atoms with Crippen molar-refractivity contribution in [3.63, 3.8) is 0 Å². The number of hydrogen-bond acceptors (Lipinski definition) is 18. The number of esters is 1. The van der Waals surface area contributed by atoms with E-state index in [2.05, 4.69) is 37.2 Å². The third-order valence-corrected chi connectivity index (χ3v) is 13.8. The van der Waals surface area contributed by atoms with Gasteiger partial charge in [0.2, 0.25) is 41.4 Å². The summed E-state index contributed by atoms with van der Waals surface area (Å²) in [4.78, 5) is 152. The molecule has 0 bridgehead atoms. The van der Waals surface area contributed by atoms with Crippen molar-refractivity contribution in [3.05, 3.63) is 35.9 Å². The van der Waals surface area contributed by atoms with Gasteiger partial charge in [0.15, 0.2) is 11.6 Å². The molecule has 0 saturated carbocycles. The summed E-state index contributed by atoms with van der Waals surface area (Å²) >= 11 is 0. The molecule has 25 heteroatoms. The van der Waals surface area contributed by atoms with Crippen molar-refractivity contribution >= 4 is 64.7 Å². The second-order valence-corrected chi connectivity index (χ2v) is 21.3. The van der Waals surface area contributed by atoms with Crippen LogP contribution in [0.1, 0.15) is 118 Å². The van der Waals surface area contributed by atoms with Crippen LogP contribution < -0.4 is 54.4 Å². The number of ether oxygens (including phenoxy) is 1. The average molecular weight is 1120 g/mol. The van der Waals surface area contributed by atoms with Gasteiger partial charge in [-0.15, -0.1) is 0 Å². The standard InChI is InChI=1S/C54H88N10O15/c1-8-54(6,7)53(78)79-23-18-36(68)28-37(31(4)66)48(73)63-42(29-65)44(70)27-35-17-22-58-52(77)45(32(5)67)64-47(72)34(14-19-55)26-43(69)38(15-20-56)59-50(75)40(24-30(2)3)61-51(76)41(25-33-12-10-9-11-13-33)62-49(74)39(16-21-57)60-46(35)71/h9-13,30-32,34-35,37-42,45,65-67H,8,14-29,55-57H2,1-7H3,(H,58,77)(H,59,75)(H,60,71)(H,61,76)(H,62,74)(H,63,73)(H,64,72)/t31-,32+,34+,35+,37-,38-,39-,40-,41+,42+,45-/m0/s1. The van der Waals surface area contributed by atoms with E-state index in [0.29, 0.717) is 12.0 Å². The van der Waals surface area contributed by atoms with E-state index in [-0.39, 0.29) is 77.1 Å². The Balaban J connectivity index is 2.65. The number of nitrogens with one attached hydrogen (secondary N) is 7. The van der Waals surface area contributed by atoms with E-state index < -0.39 is 169 Å². The molecule has 7 amide bonds. The lowest BCUT2D eigenvalue weighted by Crippen LogP contribution is -2.59. The molecule has 1 heterocycles. The Morgan fingerprint density at radius 1 is 0.734 bits per heavy atom. The second-order valence-electron chi connectivity index (χ2n) is 21.3.